The van der Waals surface area contributed by atoms with Crippen LogP contribution in [0, 0.1) is 0 Å². The van der Waals surface area contributed by atoms with E-state index in [9.17, 15) is 19.2 Å². The number of hydrogen-bond acceptors (Lipinski definition) is 4. The molecule has 15 heavy (non-hydrogen) atoms. The van der Waals surface area contributed by atoms with Gasteiger partial charge in [0.05, 0.1) is 0 Å². The number of allylic oxidation sites excluding steroid dienone is 4. The van der Waals surface area contributed by atoms with Crippen molar-refractivity contribution in [1.82, 2.24) is 0 Å². The Hall–Kier alpha value is -1.03. The van der Waals surface area contributed by atoms with Gasteiger partial charge in [-0.1, -0.05) is 0 Å². The molecule has 1 aliphatic rings. The third-order valence-corrected chi connectivity index (χ3v) is 3.53. The van der Waals surface area contributed by atoms with Crippen molar-refractivity contribution in [2.75, 3.05) is 0 Å². The van der Waals surface area contributed by atoms with E-state index < -0.39 is 12.2 Å². The second-order valence-electron chi connectivity index (χ2n) is 2.33. The van der Waals surface area contributed by atoms with Crippen LogP contribution in [-0.2, 0) is 48.9 Å². The SMILES string of the molecule is O=[C]=[V](=[C]=O)(=[C]=O)=[C]=O.[V][C]1=CC=CC1. The topological polar surface area (TPSA) is 68.3 Å². The molecule has 0 spiro atoms. The molecule has 4 nitrogen and oxygen atoms in total. The van der Waals surface area contributed by atoms with Crippen molar-refractivity contribution in [2.45, 2.75) is 6.42 Å². The Morgan fingerprint density at radius 2 is 1.53 bits per heavy atom. The van der Waals surface area contributed by atoms with Gasteiger partial charge in [0.25, 0.3) is 0 Å². The van der Waals surface area contributed by atoms with E-state index in [2.05, 4.69) is 35.7 Å². The van der Waals surface area contributed by atoms with Crippen molar-refractivity contribution in [1.29, 1.82) is 0 Å². The summed E-state index contributed by atoms with van der Waals surface area (Å²) in [6, 6.07) is 0. The Morgan fingerprint density at radius 3 is 1.60 bits per heavy atom. The van der Waals surface area contributed by atoms with Gasteiger partial charge in [-0.25, -0.2) is 0 Å². The molecule has 0 fully saturated rings. The molecular weight excluding hydrogens is 274 g/mol. The fourth-order valence-corrected chi connectivity index (χ4v) is 1.20. The molecule has 0 atom stereocenters. The average Bonchev–Trinajstić information content (AvgIpc) is 2.74. The van der Waals surface area contributed by atoms with Gasteiger partial charge in [0.15, 0.2) is 0 Å². The molecule has 1 rings (SSSR count). The van der Waals surface area contributed by atoms with E-state index in [-0.39, 0.29) is 0 Å². The van der Waals surface area contributed by atoms with Crippen LogP contribution < -0.4 is 0 Å². The minimum absolute atomic E-state index is 1.02. The van der Waals surface area contributed by atoms with Gasteiger partial charge in [0, 0.05) is 0 Å². The monoisotopic (exact) mass is 279 g/mol. The van der Waals surface area contributed by atoms with Crippen molar-refractivity contribution >= 4 is 18.4 Å². The average molecular weight is 279 g/mol. The second-order valence-corrected chi connectivity index (χ2v) is 6.46. The van der Waals surface area contributed by atoms with E-state index in [0.29, 0.717) is 0 Å². The van der Waals surface area contributed by atoms with Crippen LogP contribution in [0.3, 0.4) is 0 Å². The van der Waals surface area contributed by atoms with E-state index >= 15 is 0 Å². The predicted molar refractivity (Wildman–Crippen MR) is 44.6 cm³/mol. The van der Waals surface area contributed by atoms with Crippen molar-refractivity contribution < 1.29 is 48.9 Å². The summed E-state index contributed by atoms with van der Waals surface area (Å²) >= 11 is -1.70. The van der Waals surface area contributed by atoms with Gasteiger partial charge < -0.3 is 0 Å². The molecular formula is C9H5O4V2. The quantitative estimate of drug-likeness (QED) is 0.615. The normalized spacial score (nSPS) is 11.1. The Balaban J connectivity index is 0.000000280. The van der Waals surface area contributed by atoms with Crippen LogP contribution in [-0.4, -0.2) is 18.4 Å². The first-order valence-electron chi connectivity index (χ1n) is 3.65. The molecule has 0 aromatic rings. The molecule has 0 saturated carbocycles. The van der Waals surface area contributed by atoms with E-state index in [1.54, 1.807) is 0 Å². The molecule has 0 bridgehead atoms. The van der Waals surface area contributed by atoms with Gasteiger partial charge >= 0.3 is 96.2 Å². The zero-order valence-corrected chi connectivity index (χ0v) is 10.3. The summed E-state index contributed by atoms with van der Waals surface area (Å²) in [5.41, 5.74) is 0. The van der Waals surface area contributed by atoms with Crippen molar-refractivity contribution in [3.63, 3.8) is 0 Å². The van der Waals surface area contributed by atoms with Crippen LogP contribution in [0.2, 0.25) is 0 Å². The van der Waals surface area contributed by atoms with E-state index in [0.717, 1.165) is 24.8 Å². The van der Waals surface area contributed by atoms with Crippen LogP contribution >= 0.6 is 0 Å². The number of hydrogen-bond donors (Lipinski definition) is 0. The van der Waals surface area contributed by atoms with Crippen molar-refractivity contribution in [3.05, 3.63) is 22.5 Å². The van der Waals surface area contributed by atoms with Gasteiger partial charge in [-0.05, 0) is 0 Å². The molecule has 0 N–H and O–H groups in total. The maximum atomic E-state index is 9.68. The molecule has 0 saturated heterocycles. The maximum absolute atomic E-state index is 9.68. The molecule has 0 unspecified atom stereocenters. The summed E-state index contributed by atoms with van der Waals surface area (Å²) in [7, 11) is 0. The number of rotatable bonds is 0. The fraction of sp³-hybridized carbons (Fsp3) is 0.111. The first-order valence-corrected chi connectivity index (χ1v) is 7.14. The van der Waals surface area contributed by atoms with E-state index in [1.165, 1.54) is 4.28 Å². The van der Waals surface area contributed by atoms with Crippen molar-refractivity contribution in [2.24, 2.45) is 0 Å². The van der Waals surface area contributed by atoms with E-state index in [1.807, 2.05) is 0 Å². The second kappa shape index (κ2) is 7.29. The van der Waals surface area contributed by atoms with E-state index in [4.69, 9.17) is 0 Å². The fourth-order valence-electron chi connectivity index (χ4n) is 0.548. The van der Waals surface area contributed by atoms with Crippen LogP contribution in [0.15, 0.2) is 22.5 Å². The summed E-state index contributed by atoms with van der Waals surface area (Å²) < 4.78 is 5.47. The molecule has 0 aromatic carbocycles. The first-order chi connectivity index (χ1) is 7.14. The molecule has 6 heteroatoms. The van der Waals surface area contributed by atoms with Gasteiger partial charge in [0.1, 0.15) is 0 Å². The summed E-state index contributed by atoms with van der Waals surface area (Å²) in [5, 5.41) is 0. The molecule has 1 aliphatic carbocycles. The molecule has 0 radical (unpaired) electrons. The summed E-state index contributed by atoms with van der Waals surface area (Å²) in [4.78, 5) is 38.7. The van der Waals surface area contributed by atoms with Crippen LogP contribution in [0.1, 0.15) is 6.42 Å². The van der Waals surface area contributed by atoms with Crippen molar-refractivity contribution in [3.8, 4) is 0 Å². The standard InChI is InChI=1S/C5H5.4CO.2V/c1-2-4-5-3-1;4*1-2;;/h1-3H,4H2;;;;;;. The molecule has 0 aliphatic heterocycles. The Bertz CT molecular complexity index is 558. The van der Waals surface area contributed by atoms with Crippen LogP contribution in [0.4, 0.5) is 0 Å². The van der Waals surface area contributed by atoms with Gasteiger partial charge in [-0.15, -0.1) is 0 Å². The zero-order chi connectivity index (χ0) is 11.7. The molecule has 0 heterocycles. The molecule has 0 aromatic heterocycles. The Morgan fingerprint density at radius 1 is 1.07 bits per heavy atom. The predicted octanol–water partition coefficient (Wildman–Crippen LogP) is -0.214. The Kier molecular flexibility index (Phi) is 6.78. The summed E-state index contributed by atoms with van der Waals surface area (Å²) in [6.45, 7) is 0. The zero-order valence-electron chi connectivity index (χ0n) is 7.47. The minimum atomic E-state index is -4.24. The summed E-state index contributed by atoms with van der Waals surface area (Å²) in [5.74, 6) is 0. The Labute approximate surface area is 96.0 Å². The van der Waals surface area contributed by atoms with Gasteiger partial charge in [0.2, 0.25) is 0 Å². The van der Waals surface area contributed by atoms with Crippen LogP contribution in [0.5, 0.6) is 0 Å². The van der Waals surface area contributed by atoms with Gasteiger partial charge in [-0.3, -0.25) is 0 Å². The first kappa shape index (κ1) is 14.0. The third-order valence-electron chi connectivity index (χ3n) is 1.30. The van der Waals surface area contributed by atoms with Gasteiger partial charge in [-0.2, -0.15) is 0 Å². The molecule has 0 amide bonds. The molecule has 75 valence electrons. The summed E-state index contributed by atoms with van der Waals surface area (Å²) in [6.07, 6.45) is 7.47. The third kappa shape index (κ3) is 4.83. The van der Waals surface area contributed by atoms with Crippen LogP contribution in [0.25, 0.3) is 0 Å². The number of carbonyl (C=O) groups excluding carboxylic acids is 4.